The van der Waals surface area contributed by atoms with E-state index in [4.69, 9.17) is 23.4 Å². The number of hydrogen-bond donors (Lipinski definition) is 1. The van der Waals surface area contributed by atoms with Crippen LogP contribution in [0.5, 0.6) is 0 Å². The minimum absolute atomic E-state index is 0.537. The Morgan fingerprint density at radius 3 is 1.71 bits per heavy atom. The first-order chi connectivity index (χ1) is 8.24. The Morgan fingerprint density at radius 2 is 1.29 bits per heavy atom. The summed E-state index contributed by atoms with van der Waals surface area (Å²) >= 11 is 0. The molecule has 2 N–H and O–H groups in total. The highest BCUT2D eigenvalue weighted by Crippen LogP contribution is 2.13. The van der Waals surface area contributed by atoms with E-state index in [1.807, 2.05) is 20.8 Å². The van der Waals surface area contributed by atoms with E-state index < -0.39 is 9.05 Å². The maximum Gasteiger partial charge on any atom is 0.679 e. The van der Waals surface area contributed by atoms with Crippen LogP contribution in [0.2, 0.25) is 0 Å². The lowest BCUT2D eigenvalue weighted by molar-refractivity contribution is -0.0280. The van der Waals surface area contributed by atoms with E-state index in [1.54, 1.807) is 0 Å². The zero-order chi connectivity index (χ0) is 13.0. The van der Waals surface area contributed by atoms with Crippen molar-refractivity contribution in [2.75, 3.05) is 33.0 Å². The van der Waals surface area contributed by atoms with Crippen molar-refractivity contribution < 1.29 is 17.7 Å². The van der Waals surface area contributed by atoms with Crippen LogP contribution < -0.4 is 5.73 Å². The molecule has 0 bridgehead atoms. The fourth-order valence-electron chi connectivity index (χ4n) is 1.40. The quantitative estimate of drug-likeness (QED) is 0.430. The summed E-state index contributed by atoms with van der Waals surface area (Å²) in [6.45, 7) is 8.68. The van der Waals surface area contributed by atoms with Gasteiger partial charge in [-0.15, -0.1) is 0 Å². The SMILES string of the molecule is CCO[Si](OCC)(OCC)OCCCCCN. The summed E-state index contributed by atoms with van der Waals surface area (Å²) in [5.41, 5.74) is 5.43. The molecule has 0 aromatic heterocycles. The summed E-state index contributed by atoms with van der Waals surface area (Å²) in [6, 6.07) is 0. The van der Waals surface area contributed by atoms with Crippen LogP contribution in [0.1, 0.15) is 40.0 Å². The second-order valence-corrected chi connectivity index (χ2v) is 5.65. The van der Waals surface area contributed by atoms with Gasteiger partial charge >= 0.3 is 9.05 Å². The van der Waals surface area contributed by atoms with Crippen LogP contribution in [-0.2, 0) is 17.7 Å². The summed E-state index contributed by atoms with van der Waals surface area (Å²) in [6.07, 6.45) is 3.04. The minimum atomic E-state index is -2.89. The zero-order valence-corrected chi connectivity index (χ0v) is 12.4. The predicted octanol–water partition coefficient (Wildman–Crippen LogP) is 1.68. The third-order valence-corrected chi connectivity index (χ3v) is 4.58. The molecule has 0 heterocycles. The van der Waals surface area contributed by atoms with Crippen LogP contribution in [0.15, 0.2) is 0 Å². The molecule has 0 saturated heterocycles. The molecule has 0 aliphatic rings. The summed E-state index contributed by atoms with van der Waals surface area (Å²) in [7, 11) is -2.89. The minimum Gasteiger partial charge on any atom is -0.351 e. The van der Waals surface area contributed by atoms with Gasteiger partial charge in [-0.25, -0.2) is 0 Å². The van der Waals surface area contributed by atoms with E-state index in [9.17, 15) is 0 Å². The summed E-state index contributed by atoms with van der Waals surface area (Å²) < 4.78 is 22.4. The Bertz CT molecular complexity index is 155. The number of unbranched alkanes of at least 4 members (excludes halogenated alkanes) is 2. The molecule has 6 heteroatoms. The molecule has 0 spiro atoms. The second-order valence-electron chi connectivity index (χ2n) is 3.50. The van der Waals surface area contributed by atoms with Crippen molar-refractivity contribution in [3.05, 3.63) is 0 Å². The molecule has 0 radical (unpaired) electrons. The third kappa shape index (κ3) is 7.85. The highest BCUT2D eigenvalue weighted by atomic mass is 28.4. The molecule has 0 aliphatic heterocycles. The Morgan fingerprint density at radius 1 is 0.765 bits per heavy atom. The van der Waals surface area contributed by atoms with Gasteiger partial charge in [0, 0.05) is 26.4 Å². The van der Waals surface area contributed by atoms with Crippen molar-refractivity contribution >= 4 is 9.05 Å². The smallest absolute Gasteiger partial charge is 0.351 e. The first-order valence-electron chi connectivity index (χ1n) is 6.50. The van der Waals surface area contributed by atoms with Gasteiger partial charge in [0.25, 0.3) is 0 Å². The van der Waals surface area contributed by atoms with Crippen molar-refractivity contribution in [1.29, 1.82) is 0 Å². The molecule has 104 valence electrons. The van der Waals surface area contributed by atoms with E-state index in [-0.39, 0.29) is 0 Å². The van der Waals surface area contributed by atoms with E-state index in [0.717, 1.165) is 25.8 Å². The molecule has 0 amide bonds. The summed E-state index contributed by atoms with van der Waals surface area (Å²) in [4.78, 5) is 0. The number of rotatable bonds is 12. The fraction of sp³-hybridized carbons (Fsp3) is 1.00. The average Bonchev–Trinajstić information content (AvgIpc) is 2.30. The largest absolute Gasteiger partial charge is 0.679 e. The van der Waals surface area contributed by atoms with Gasteiger partial charge in [0.1, 0.15) is 0 Å². The van der Waals surface area contributed by atoms with Crippen LogP contribution in [0.25, 0.3) is 0 Å². The lowest BCUT2D eigenvalue weighted by atomic mass is 10.2. The second kappa shape index (κ2) is 11.1. The molecule has 0 atom stereocenters. The van der Waals surface area contributed by atoms with Crippen molar-refractivity contribution in [2.45, 2.75) is 40.0 Å². The standard InChI is InChI=1S/C11H27NO4Si/c1-4-13-17(14-5-2,15-6-3)16-11-9-7-8-10-12/h4-12H2,1-3H3. The molecule has 0 aromatic carbocycles. The van der Waals surface area contributed by atoms with Crippen LogP contribution in [0.3, 0.4) is 0 Å². The van der Waals surface area contributed by atoms with Crippen molar-refractivity contribution in [2.24, 2.45) is 5.73 Å². The van der Waals surface area contributed by atoms with E-state index >= 15 is 0 Å². The Labute approximate surface area is 106 Å². The van der Waals surface area contributed by atoms with E-state index in [0.29, 0.717) is 26.4 Å². The summed E-state index contributed by atoms with van der Waals surface area (Å²) in [5.74, 6) is 0. The van der Waals surface area contributed by atoms with Gasteiger partial charge in [-0.2, -0.15) is 0 Å². The third-order valence-electron chi connectivity index (χ3n) is 2.09. The van der Waals surface area contributed by atoms with Gasteiger partial charge in [0.05, 0.1) is 0 Å². The molecule has 0 aliphatic carbocycles. The molecule has 0 saturated carbocycles. The van der Waals surface area contributed by atoms with Gasteiger partial charge in [-0.05, 0) is 46.6 Å². The zero-order valence-electron chi connectivity index (χ0n) is 11.4. The highest BCUT2D eigenvalue weighted by molar-refractivity contribution is 6.53. The molecular formula is C11H27NO4Si. The average molecular weight is 265 g/mol. The lowest BCUT2D eigenvalue weighted by Crippen LogP contribution is -2.49. The molecule has 0 aromatic rings. The maximum atomic E-state index is 5.73. The topological polar surface area (TPSA) is 62.9 Å². The van der Waals surface area contributed by atoms with Crippen LogP contribution >= 0.6 is 0 Å². The van der Waals surface area contributed by atoms with E-state index in [1.165, 1.54) is 0 Å². The molecule has 0 rings (SSSR count). The number of nitrogens with two attached hydrogens (primary N) is 1. The van der Waals surface area contributed by atoms with Gasteiger partial charge in [-0.1, -0.05) is 0 Å². The first kappa shape index (κ1) is 17.0. The Hall–Kier alpha value is 0.0169. The molecule has 5 nitrogen and oxygen atoms in total. The highest BCUT2D eigenvalue weighted by Gasteiger charge is 2.44. The van der Waals surface area contributed by atoms with Crippen LogP contribution in [0.4, 0.5) is 0 Å². The molecule has 0 fully saturated rings. The van der Waals surface area contributed by atoms with Crippen LogP contribution in [0, 0.1) is 0 Å². The van der Waals surface area contributed by atoms with Gasteiger partial charge in [-0.3, -0.25) is 0 Å². The van der Waals surface area contributed by atoms with Crippen molar-refractivity contribution in [1.82, 2.24) is 0 Å². The summed E-state index contributed by atoms with van der Waals surface area (Å²) in [5, 5.41) is 0. The van der Waals surface area contributed by atoms with Crippen molar-refractivity contribution in [3.8, 4) is 0 Å². The Kier molecular flexibility index (Phi) is 11.1. The lowest BCUT2D eigenvalue weighted by Gasteiger charge is -2.26. The van der Waals surface area contributed by atoms with E-state index in [2.05, 4.69) is 0 Å². The van der Waals surface area contributed by atoms with Crippen molar-refractivity contribution in [3.63, 3.8) is 0 Å². The monoisotopic (exact) mass is 265 g/mol. The van der Waals surface area contributed by atoms with Gasteiger partial charge < -0.3 is 23.4 Å². The normalized spacial score (nSPS) is 12.0. The maximum absolute atomic E-state index is 5.73. The van der Waals surface area contributed by atoms with Gasteiger partial charge in [0.15, 0.2) is 0 Å². The Balaban J connectivity index is 4.05. The molecular weight excluding hydrogens is 238 g/mol. The predicted molar refractivity (Wildman–Crippen MR) is 69.5 cm³/mol. The molecule has 17 heavy (non-hydrogen) atoms. The fourth-order valence-corrected chi connectivity index (χ4v) is 3.36. The number of hydrogen-bond acceptors (Lipinski definition) is 5. The first-order valence-corrected chi connectivity index (χ1v) is 8.13. The van der Waals surface area contributed by atoms with Gasteiger partial charge in [0.2, 0.25) is 0 Å². The molecule has 0 unspecified atom stereocenters. The van der Waals surface area contributed by atoms with Crippen LogP contribution in [-0.4, -0.2) is 42.0 Å².